The zero-order chi connectivity index (χ0) is 14.3. The molecule has 0 aliphatic carbocycles. The minimum absolute atomic E-state index is 0.189. The summed E-state index contributed by atoms with van der Waals surface area (Å²) in [6.07, 6.45) is 1.60. The molecule has 3 heterocycles. The van der Waals surface area contributed by atoms with Gasteiger partial charge in [0.05, 0.1) is 18.7 Å². The lowest BCUT2D eigenvalue weighted by Gasteiger charge is -2.21. The van der Waals surface area contributed by atoms with Crippen molar-refractivity contribution in [1.82, 2.24) is 14.8 Å². The molecule has 2 aliphatic rings. The van der Waals surface area contributed by atoms with Gasteiger partial charge in [-0.25, -0.2) is 4.79 Å². The number of fused-ring (bicyclic) bond motifs is 1. The summed E-state index contributed by atoms with van der Waals surface area (Å²) in [5.41, 5.74) is 0.517. The predicted molar refractivity (Wildman–Crippen MR) is 67.1 cm³/mol. The van der Waals surface area contributed by atoms with E-state index in [1.165, 1.54) is 23.1 Å². The second-order valence-corrected chi connectivity index (χ2v) is 4.74. The van der Waals surface area contributed by atoms with E-state index in [4.69, 9.17) is 0 Å². The molecule has 1 unspecified atom stereocenters. The van der Waals surface area contributed by atoms with E-state index in [0.29, 0.717) is 25.1 Å². The lowest BCUT2D eigenvalue weighted by molar-refractivity contribution is 0.0582. The van der Waals surface area contributed by atoms with Gasteiger partial charge in [0.15, 0.2) is 0 Å². The maximum absolute atomic E-state index is 12.3. The normalized spacial score (nSPS) is 21.4. The highest BCUT2D eigenvalue weighted by Crippen LogP contribution is 2.26. The van der Waals surface area contributed by atoms with E-state index in [-0.39, 0.29) is 23.6 Å². The first kappa shape index (κ1) is 12.6. The van der Waals surface area contributed by atoms with Gasteiger partial charge in [0.25, 0.3) is 11.8 Å². The van der Waals surface area contributed by atoms with E-state index in [2.05, 4.69) is 9.72 Å². The Balaban J connectivity index is 1.82. The summed E-state index contributed by atoms with van der Waals surface area (Å²) in [4.78, 5) is 42.6. The first-order valence-electron chi connectivity index (χ1n) is 6.29. The van der Waals surface area contributed by atoms with Gasteiger partial charge in [0.2, 0.25) is 0 Å². The molecule has 0 bridgehead atoms. The number of amides is 3. The van der Waals surface area contributed by atoms with Crippen molar-refractivity contribution in [3.8, 4) is 0 Å². The zero-order valence-corrected chi connectivity index (χ0v) is 10.9. The molecule has 1 aromatic rings. The number of hydrogen-bond donors (Lipinski definition) is 0. The lowest BCUT2D eigenvalue weighted by Crippen LogP contribution is -2.42. The number of hydrogen-bond acceptors (Lipinski definition) is 5. The SMILES string of the molecule is COC(=O)N1CCC(N2C(=O)c3cccnc3C2=O)C1. The summed E-state index contributed by atoms with van der Waals surface area (Å²) in [5, 5.41) is 0. The van der Waals surface area contributed by atoms with Gasteiger partial charge in [0.1, 0.15) is 5.69 Å². The van der Waals surface area contributed by atoms with Gasteiger partial charge < -0.3 is 9.64 Å². The van der Waals surface area contributed by atoms with Gasteiger partial charge in [-0.1, -0.05) is 0 Å². The molecule has 1 atom stereocenters. The number of methoxy groups -OCH3 is 1. The van der Waals surface area contributed by atoms with Crippen LogP contribution in [0.15, 0.2) is 18.3 Å². The summed E-state index contributed by atoms with van der Waals surface area (Å²) < 4.78 is 4.65. The van der Waals surface area contributed by atoms with Crippen LogP contribution < -0.4 is 0 Å². The summed E-state index contributed by atoms with van der Waals surface area (Å²) >= 11 is 0. The number of carbonyl (C=O) groups is 3. The number of aromatic nitrogens is 1. The van der Waals surface area contributed by atoms with Crippen LogP contribution in [0.5, 0.6) is 0 Å². The van der Waals surface area contributed by atoms with Crippen molar-refractivity contribution in [3.05, 3.63) is 29.6 Å². The van der Waals surface area contributed by atoms with Crippen LogP contribution in [0.2, 0.25) is 0 Å². The van der Waals surface area contributed by atoms with Crippen molar-refractivity contribution in [2.24, 2.45) is 0 Å². The third-order valence-corrected chi connectivity index (χ3v) is 3.64. The molecule has 20 heavy (non-hydrogen) atoms. The number of carbonyl (C=O) groups excluding carboxylic acids is 3. The zero-order valence-electron chi connectivity index (χ0n) is 10.9. The highest BCUT2D eigenvalue weighted by Gasteiger charge is 2.43. The van der Waals surface area contributed by atoms with Crippen LogP contribution in [0.4, 0.5) is 4.79 Å². The third kappa shape index (κ3) is 1.74. The average molecular weight is 275 g/mol. The van der Waals surface area contributed by atoms with Gasteiger partial charge in [-0.05, 0) is 18.6 Å². The fourth-order valence-corrected chi connectivity index (χ4v) is 2.66. The van der Waals surface area contributed by atoms with E-state index in [1.807, 2.05) is 0 Å². The van der Waals surface area contributed by atoms with Crippen LogP contribution in [0.3, 0.4) is 0 Å². The fourth-order valence-electron chi connectivity index (χ4n) is 2.66. The summed E-state index contributed by atoms with van der Waals surface area (Å²) in [6, 6.07) is 2.90. The lowest BCUT2D eigenvalue weighted by atomic mass is 10.2. The molecule has 3 rings (SSSR count). The molecule has 2 aliphatic heterocycles. The highest BCUT2D eigenvalue weighted by molar-refractivity contribution is 6.20. The van der Waals surface area contributed by atoms with Gasteiger partial charge >= 0.3 is 6.09 Å². The van der Waals surface area contributed by atoms with Crippen LogP contribution in [0.25, 0.3) is 0 Å². The van der Waals surface area contributed by atoms with Crippen molar-refractivity contribution in [2.75, 3.05) is 20.2 Å². The molecule has 0 N–H and O–H groups in total. The Morgan fingerprint density at radius 1 is 1.40 bits per heavy atom. The summed E-state index contributed by atoms with van der Waals surface area (Å²) in [5.74, 6) is -0.725. The smallest absolute Gasteiger partial charge is 0.409 e. The van der Waals surface area contributed by atoms with Crippen molar-refractivity contribution in [1.29, 1.82) is 0 Å². The maximum atomic E-state index is 12.3. The predicted octanol–water partition coefficient (Wildman–Crippen LogP) is 0.518. The maximum Gasteiger partial charge on any atom is 0.409 e. The molecular formula is C13H13N3O4. The van der Waals surface area contributed by atoms with E-state index < -0.39 is 6.09 Å². The van der Waals surface area contributed by atoms with Gasteiger partial charge in [-0.15, -0.1) is 0 Å². The first-order valence-corrected chi connectivity index (χ1v) is 6.29. The van der Waals surface area contributed by atoms with Gasteiger partial charge in [-0.3, -0.25) is 19.5 Å². The second-order valence-electron chi connectivity index (χ2n) is 4.74. The molecule has 3 amide bonds. The standard InChI is InChI=1S/C13H13N3O4/c1-20-13(19)15-6-4-8(7-15)16-11(17)9-3-2-5-14-10(9)12(16)18/h2-3,5,8H,4,6-7H2,1H3. The van der Waals surface area contributed by atoms with E-state index in [0.717, 1.165) is 0 Å². The Morgan fingerprint density at radius 3 is 2.90 bits per heavy atom. The molecule has 0 saturated carbocycles. The third-order valence-electron chi connectivity index (χ3n) is 3.64. The molecule has 7 nitrogen and oxygen atoms in total. The Kier molecular flexibility index (Phi) is 2.89. The van der Waals surface area contributed by atoms with Crippen molar-refractivity contribution >= 4 is 17.9 Å². The number of pyridine rings is 1. The monoisotopic (exact) mass is 275 g/mol. The minimum Gasteiger partial charge on any atom is -0.453 e. The van der Waals surface area contributed by atoms with Crippen LogP contribution in [0.1, 0.15) is 27.3 Å². The van der Waals surface area contributed by atoms with Crippen molar-refractivity contribution in [2.45, 2.75) is 12.5 Å². The summed E-state index contributed by atoms with van der Waals surface area (Å²) in [7, 11) is 1.31. The molecule has 0 radical (unpaired) electrons. The van der Waals surface area contributed by atoms with Gasteiger partial charge in [0, 0.05) is 19.3 Å². The van der Waals surface area contributed by atoms with E-state index in [1.54, 1.807) is 12.1 Å². The largest absolute Gasteiger partial charge is 0.453 e. The van der Waals surface area contributed by atoms with Crippen molar-refractivity contribution in [3.63, 3.8) is 0 Å². The number of nitrogens with zero attached hydrogens (tertiary/aromatic N) is 3. The molecule has 0 spiro atoms. The second kappa shape index (κ2) is 4.59. The number of ether oxygens (including phenoxy) is 1. The average Bonchev–Trinajstić information content (AvgIpc) is 3.03. The topological polar surface area (TPSA) is 79.8 Å². The fraction of sp³-hybridized carbons (Fsp3) is 0.385. The summed E-state index contributed by atoms with van der Waals surface area (Å²) in [6.45, 7) is 0.774. The highest BCUT2D eigenvalue weighted by atomic mass is 16.5. The molecule has 1 fully saturated rings. The Labute approximate surface area is 115 Å². The molecule has 104 valence electrons. The quantitative estimate of drug-likeness (QED) is 0.698. The number of imide groups is 1. The van der Waals surface area contributed by atoms with Crippen LogP contribution >= 0.6 is 0 Å². The van der Waals surface area contributed by atoms with Crippen molar-refractivity contribution < 1.29 is 19.1 Å². The Morgan fingerprint density at radius 2 is 2.20 bits per heavy atom. The van der Waals surface area contributed by atoms with Crippen LogP contribution in [-0.4, -0.2) is 58.9 Å². The molecular weight excluding hydrogens is 262 g/mol. The number of rotatable bonds is 1. The van der Waals surface area contributed by atoms with E-state index >= 15 is 0 Å². The molecule has 1 aromatic heterocycles. The molecule has 1 saturated heterocycles. The Bertz CT molecular complexity index is 566. The molecule has 0 aromatic carbocycles. The van der Waals surface area contributed by atoms with E-state index in [9.17, 15) is 14.4 Å². The van der Waals surface area contributed by atoms with Gasteiger partial charge in [-0.2, -0.15) is 0 Å². The number of likely N-dealkylation sites (tertiary alicyclic amines) is 1. The Hall–Kier alpha value is -2.44. The first-order chi connectivity index (χ1) is 9.63. The van der Waals surface area contributed by atoms with Crippen LogP contribution in [0, 0.1) is 0 Å². The molecule has 7 heteroatoms. The minimum atomic E-state index is -0.442. The van der Waals surface area contributed by atoms with Crippen LogP contribution in [-0.2, 0) is 4.74 Å².